The highest BCUT2D eigenvalue weighted by molar-refractivity contribution is 5.95. The number of hydrogen-bond donors (Lipinski definition) is 3. The summed E-state index contributed by atoms with van der Waals surface area (Å²) in [6.07, 6.45) is 0.579. The van der Waals surface area contributed by atoms with Crippen molar-refractivity contribution in [1.29, 1.82) is 0 Å². The number of H-pyrrole nitrogens is 1. The molecule has 2 aromatic rings. The summed E-state index contributed by atoms with van der Waals surface area (Å²) < 4.78 is 16.0. The summed E-state index contributed by atoms with van der Waals surface area (Å²) >= 11 is 0. The Morgan fingerprint density at radius 1 is 1.21 bits per heavy atom. The van der Waals surface area contributed by atoms with Crippen molar-refractivity contribution in [3.8, 4) is 0 Å². The van der Waals surface area contributed by atoms with Crippen LogP contribution in [-0.2, 0) is 20.6 Å². The van der Waals surface area contributed by atoms with Gasteiger partial charge in [0.1, 0.15) is 18.2 Å². The second-order valence-corrected chi connectivity index (χ2v) is 7.58. The van der Waals surface area contributed by atoms with Crippen molar-refractivity contribution in [3.63, 3.8) is 0 Å². The minimum absolute atomic E-state index is 0.0877. The zero-order valence-electron chi connectivity index (χ0n) is 17.3. The van der Waals surface area contributed by atoms with Crippen LogP contribution in [0.15, 0.2) is 12.1 Å². The van der Waals surface area contributed by atoms with Crippen LogP contribution >= 0.6 is 0 Å². The van der Waals surface area contributed by atoms with E-state index in [1.165, 1.54) is 0 Å². The molecule has 3 N–H and O–H groups in total. The average molecular weight is 407 g/mol. The van der Waals surface area contributed by atoms with Crippen LogP contribution in [0.2, 0.25) is 0 Å². The van der Waals surface area contributed by atoms with E-state index in [2.05, 4.69) is 15.3 Å². The molecule has 0 aliphatic rings. The first-order chi connectivity index (χ1) is 13.7. The zero-order chi connectivity index (χ0) is 21.4. The molecule has 9 heteroatoms. The standard InChI is InChI=1S/C20H29N3O6/c1-13-22-16-7-6-15(18(24)25)14(17(16)23-13)8-11-28-12-27-10-5-9-21-19(26)29-20(2,3)4/h6-7H,5,8-12H2,1-4H3,(H,21,26)(H,22,23)(H,24,25). The van der Waals surface area contributed by atoms with Gasteiger partial charge in [-0.15, -0.1) is 0 Å². The van der Waals surface area contributed by atoms with Crippen molar-refractivity contribution < 1.29 is 28.9 Å². The number of nitrogens with one attached hydrogen (secondary N) is 2. The minimum Gasteiger partial charge on any atom is -0.478 e. The van der Waals surface area contributed by atoms with Crippen LogP contribution in [0.1, 0.15) is 48.9 Å². The number of imidazole rings is 1. The number of fused-ring (bicyclic) bond motifs is 1. The lowest BCUT2D eigenvalue weighted by atomic mass is 10.0. The van der Waals surface area contributed by atoms with Gasteiger partial charge in [-0.2, -0.15) is 0 Å². The summed E-state index contributed by atoms with van der Waals surface area (Å²) in [7, 11) is 0. The Kier molecular flexibility index (Phi) is 7.98. The molecule has 1 heterocycles. The van der Waals surface area contributed by atoms with E-state index < -0.39 is 17.7 Å². The summed E-state index contributed by atoms with van der Waals surface area (Å²) in [5.41, 5.74) is 1.80. The fourth-order valence-electron chi connectivity index (χ4n) is 2.74. The fourth-order valence-corrected chi connectivity index (χ4v) is 2.74. The highest BCUT2D eigenvalue weighted by atomic mass is 16.7. The Morgan fingerprint density at radius 3 is 2.62 bits per heavy atom. The number of aromatic nitrogens is 2. The Labute approximate surface area is 169 Å². The van der Waals surface area contributed by atoms with Crippen molar-refractivity contribution in [3.05, 3.63) is 29.1 Å². The van der Waals surface area contributed by atoms with Gasteiger partial charge in [-0.3, -0.25) is 0 Å². The van der Waals surface area contributed by atoms with Crippen LogP contribution in [0.4, 0.5) is 4.79 Å². The molecule has 1 aromatic carbocycles. The maximum absolute atomic E-state index is 11.5. The summed E-state index contributed by atoms with van der Waals surface area (Å²) in [5.74, 6) is -0.260. The highest BCUT2D eigenvalue weighted by Gasteiger charge is 2.16. The Balaban J connectivity index is 1.68. The lowest BCUT2D eigenvalue weighted by molar-refractivity contribution is -0.0530. The van der Waals surface area contributed by atoms with E-state index in [1.807, 2.05) is 6.92 Å². The summed E-state index contributed by atoms with van der Waals surface area (Å²) in [4.78, 5) is 30.5. The molecule has 0 radical (unpaired) electrons. The third kappa shape index (κ3) is 7.35. The van der Waals surface area contributed by atoms with Crippen molar-refractivity contribution in [2.24, 2.45) is 0 Å². The van der Waals surface area contributed by atoms with Crippen LogP contribution in [0.5, 0.6) is 0 Å². The van der Waals surface area contributed by atoms with Gasteiger partial charge in [0.25, 0.3) is 0 Å². The number of aromatic carboxylic acids is 1. The molecular weight excluding hydrogens is 378 g/mol. The van der Waals surface area contributed by atoms with Crippen molar-refractivity contribution in [1.82, 2.24) is 15.3 Å². The first-order valence-electron chi connectivity index (χ1n) is 9.51. The van der Waals surface area contributed by atoms with Gasteiger partial charge >= 0.3 is 12.1 Å². The molecule has 0 saturated heterocycles. The number of benzene rings is 1. The maximum atomic E-state index is 11.5. The summed E-state index contributed by atoms with van der Waals surface area (Å²) in [5, 5.41) is 12.1. The van der Waals surface area contributed by atoms with Crippen LogP contribution in [0.25, 0.3) is 11.0 Å². The number of carbonyl (C=O) groups excluding carboxylic acids is 1. The normalized spacial score (nSPS) is 11.6. The molecule has 0 aliphatic heterocycles. The van der Waals surface area contributed by atoms with Gasteiger partial charge in [-0.05, 0) is 58.2 Å². The van der Waals surface area contributed by atoms with Crippen molar-refractivity contribution in [2.45, 2.75) is 46.1 Å². The van der Waals surface area contributed by atoms with E-state index in [-0.39, 0.29) is 12.4 Å². The Morgan fingerprint density at radius 2 is 1.93 bits per heavy atom. The smallest absolute Gasteiger partial charge is 0.407 e. The largest absolute Gasteiger partial charge is 0.478 e. The third-order valence-corrected chi connectivity index (χ3v) is 3.90. The van der Waals surface area contributed by atoms with Gasteiger partial charge in [-0.1, -0.05) is 0 Å². The number of hydrogen-bond acceptors (Lipinski definition) is 6. The molecule has 2 rings (SSSR count). The number of alkyl carbamates (subject to hydrolysis) is 1. The van der Waals surface area contributed by atoms with Crippen LogP contribution in [0, 0.1) is 6.92 Å². The predicted octanol–water partition coefficient (Wildman–Crippen LogP) is 3.02. The van der Waals surface area contributed by atoms with E-state index in [0.717, 1.165) is 11.3 Å². The molecule has 160 valence electrons. The Hall–Kier alpha value is -2.65. The topological polar surface area (TPSA) is 123 Å². The number of carboxylic acids is 1. The summed E-state index contributed by atoms with van der Waals surface area (Å²) in [6.45, 7) is 8.50. The highest BCUT2D eigenvalue weighted by Crippen LogP contribution is 2.21. The SMILES string of the molecule is Cc1nc2c(CCOCOCCCNC(=O)OC(C)(C)C)c(C(=O)O)ccc2[nH]1. The molecule has 0 saturated carbocycles. The molecule has 1 amide bonds. The number of nitrogens with zero attached hydrogens (tertiary/aromatic N) is 1. The van der Waals surface area contributed by atoms with E-state index in [1.54, 1.807) is 32.9 Å². The lowest BCUT2D eigenvalue weighted by Gasteiger charge is -2.19. The number of rotatable bonds is 10. The zero-order valence-corrected chi connectivity index (χ0v) is 17.3. The van der Waals surface area contributed by atoms with Crippen LogP contribution < -0.4 is 5.32 Å². The first kappa shape index (κ1) is 22.6. The van der Waals surface area contributed by atoms with E-state index in [4.69, 9.17) is 14.2 Å². The van der Waals surface area contributed by atoms with Gasteiger partial charge in [0.15, 0.2) is 0 Å². The van der Waals surface area contributed by atoms with Crippen molar-refractivity contribution in [2.75, 3.05) is 26.6 Å². The fraction of sp³-hybridized carbons (Fsp3) is 0.550. The molecule has 29 heavy (non-hydrogen) atoms. The number of carbonyl (C=O) groups is 2. The number of ether oxygens (including phenoxy) is 3. The van der Waals surface area contributed by atoms with E-state index in [9.17, 15) is 14.7 Å². The molecule has 0 fully saturated rings. The molecular formula is C20H29N3O6. The molecule has 1 aromatic heterocycles. The molecule has 0 unspecified atom stereocenters. The van der Waals surface area contributed by atoms with E-state index in [0.29, 0.717) is 43.7 Å². The number of aryl methyl sites for hydroxylation is 1. The first-order valence-corrected chi connectivity index (χ1v) is 9.51. The molecule has 0 bridgehead atoms. The number of amides is 1. The minimum atomic E-state index is -0.990. The molecule has 0 aliphatic carbocycles. The van der Waals surface area contributed by atoms with Gasteiger partial charge in [0, 0.05) is 6.54 Å². The van der Waals surface area contributed by atoms with Gasteiger partial charge in [-0.25, -0.2) is 14.6 Å². The van der Waals surface area contributed by atoms with Crippen LogP contribution in [-0.4, -0.2) is 59.3 Å². The van der Waals surface area contributed by atoms with Gasteiger partial charge in [0.05, 0.1) is 29.8 Å². The molecule has 0 spiro atoms. The van der Waals surface area contributed by atoms with Gasteiger partial charge in [0.2, 0.25) is 0 Å². The second kappa shape index (κ2) is 10.2. The Bertz CT molecular complexity index is 841. The molecule has 0 atom stereocenters. The monoisotopic (exact) mass is 407 g/mol. The number of aromatic amines is 1. The summed E-state index contributed by atoms with van der Waals surface area (Å²) in [6, 6.07) is 3.29. The van der Waals surface area contributed by atoms with Crippen LogP contribution in [0.3, 0.4) is 0 Å². The average Bonchev–Trinajstić information content (AvgIpc) is 2.99. The van der Waals surface area contributed by atoms with E-state index >= 15 is 0 Å². The lowest BCUT2D eigenvalue weighted by Crippen LogP contribution is -2.33. The number of carboxylic acid groups (broad SMARTS) is 1. The van der Waals surface area contributed by atoms with Crippen molar-refractivity contribution >= 4 is 23.1 Å². The second-order valence-electron chi connectivity index (χ2n) is 7.58. The predicted molar refractivity (Wildman–Crippen MR) is 107 cm³/mol. The quantitative estimate of drug-likeness (QED) is 0.409. The maximum Gasteiger partial charge on any atom is 0.407 e. The molecule has 9 nitrogen and oxygen atoms in total. The third-order valence-electron chi connectivity index (χ3n) is 3.90. The van der Waals surface area contributed by atoms with Gasteiger partial charge < -0.3 is 29.6 Å².